The van der Waals surface area contributed by atoms with Gasteiger partial charge < -0.3 is 9.80 Å². The third-order valence-corrected chi connectivity index (χ3v) is 4.78. The lowest BCUT2D eigenvalue weighted by atomic mass is 10.2. The topological polar surface area (TPSA) is 58.4 Å². The molecule has 1 saturated heterocycles. The molecule has 1 aromatic heterocycles. The molecule has 132 valence electrons. The highest BCUT2D eigenvalue weighted by Gasteiger charge is 2.26. The zero-order chi connectivity index (χ0) is 18.0. The largest absolute Gasteiger partial charge is 0.336 e. The quantitative estimate of drug-likeness (QED) is 0.843. The van der Waals surface area contributed by atoms with E-state index >= 15 is 0 Å². The van der Waals surface area contributed by atoms with Crippen LogP contribution in [0.3, 0.4) is 0 Å². The summed E-state index contributed by atoms with van der Waals surface area (Å²) in [5.41, 5.74) is 2.26. The number of aryl methyl sites for hydroxylation is 2. The lowest BCUT2D eigenvalue weighted by molar-refractivity contribution is -0.130. The SMILES string of the molecule is Cc1cc(C(=O)N2CCC(=O)N(Cc3ccccc3Cl)CC2)n(C)n1. The summed E-state index contributed by atoms with van der Waals surface area (Å²) in [5.74, 6) is -0.0492. The fourth-order valence-corrected chi connectivity index (χ4v) is 3.24. The number of hydrogen-bond donors (Lipinski definition) is 0. The van der Waals surface area contributed by atoms with Gasteiger partial charge in [0.15, 0.2) is 0 Å². The van der Waals surface area contributed by atoms with E-state index in [4.69, 9.17) is 11.6 Å². The molecule has 0 spiro atoms. The molecule has 1 aliphatic rings. The Morgan fingerprint density at radius 3 is 2.68 bits per heavy atom. The molecule has 1 aliphatic heterocycles. The fourth-order valence-electron chi connectivity index (χ4n) is 3.04. The number of halogens is 1. The Morgan fingerprint density at radius 1 is 1.24 bits per heavy atom. The predicted molar refractivity (Wildman–Crippen MR) is 95.3 cm³/mol. The number of amides is 2. The molecule has 1 fully saturated rings. The molecule has 25 heavy (non-hydrogen) atoms. The molecule has 0 bridgehead atoms. The molecule has 2 amide bonds. The van der Waals surface area contributed by atoms with Crippen molar-refractivity contribution in [1.82, 2.24) is 19.6 Å². The van der Waals surface area contributed by atoms with Crippen LogP contribution in [-0.4, -0.2) is 51.0 Å². The van der Waals surface area contributed by atoms with Crippen molar-refractivity contribution in [3.8, 4) is 0 Å². The number of rotatable bonds is 3. The van der Waals surface area contributed by atoms with Crippen LogP contribution >= 0.6 is 11.6 Å². The van der Waals surface area contributed by atoms with E-state index in [1.54, 1.807) is 27.6 Å². The summed E-state index contributed by atoms with van der Waals surface area (Å²) < 4.78 is 1.59. The Bertz CT molecular complexity index is 802. The van der Waals surface area contributed by atoms with Crippen LogP contribution < -0.4 is 0 Å². The molecular weight excluding hydrogens is 340 g/mol. The molecule has 0 N–H and O–H groups in total. The van der Waals surface area contributed by atoms with Crippen LogP contribution in [0.5, 0.6) is 0 Å². The van der Waals surface area contributed by atoms with E-state index in [0.29, 0.717) is 43.3 Å². The first kappa shape index (κ1) is 17.5. The van der Waals surface area contributed by atoms with Gasteiger partial charge in [0.1, 0.15) is 5.69 Å². The van der Waals surface area contributed by atoms with E-state index in [-0.39, 0.29) is 11.8 Å². The first-order valence-corrected chi connectivity index (χ1v) is 8.64. The van der Waals surface area contributed by atoms with Gasteiger partial charge in [0.2, 0.25) is 5.91 Å². The number of carbonyl (C=O) groups excluding carboxylic acids is 2. The standard InChI is InChI=1S/C18H21ClN4O2/c1-13-11-16(21(2)20-13)18(25)22-8-7-17(24)23(10-9-22)12-14-5-3-4-6-15(14)19/h3-6,11H,7-10,12H2,1-2H3. The van der Waals surface area contributed by atoms with E-state index in [1.807, 2.05) is 31.2 Å². The number of aromatic nitrogens is 2. The number of carbonyl (C=O) groups is 2. The summed E-state index contributed by atoms with van der Waals surface area (Å²) in [7, 11) is 1.76. The summed E-state index contributed by atoms with van der Waals surface area (Å²) in [5, 5.41) is 4.87. The normalized spacial score (nSPS) is 15.4. The third kappa shape index (κ3) is 3.85. The second-order valence-electron chi connectivity index (χ2n) is 6.24. The van der Waals surface area contributed by atoms with Gasteiger partial charge in [0, 0.05) is 44.7 Å². The highest BCUT2D eigenvalue weighted by Crippen LogP contribution is 2.19. The molecule has 0 atom stereocenters. The molecule has 2 heterocycles. The van der Waals surface area contributed by atoms with Gasteiger partial charge in [-0.1, -0.05) is 29.8 Å². The average Bonchev–Trinajstić information content (AvgIpc) is 2.81. The third-order valence-electron chi connectivity index (χ3n) is 4.42. The summed E-state index contributed by atoms with van der Waals surface area (Å²) in [4.78, 5) is 28.6. The van der Waals surface area contributed by atoms with Crippen molar-refractivity contribution in [3.63, 3.8) is 0 Å². The smallest absolute Gasteiger partial charge is 0.272 e. The minimum atomic E-state index is -0.0875. The fraction of sp³-hybridized carbons (Fsp3) is 0.389. The van der Waals surface area contributed by atoms with Crippen molar-refractivity contribution in [3.05, 3.63) is 52.3 Å². The van der Waals surface area contributed by atoms with Crippen LogP contribution in [0.1, 0.15) is 28.2 Å². The molecule has 0 radical (unpaired) electrons. The van der Waals surface area contributed by atoms with Gasteiger partial charge in [-0.15, -0.1) is 0 Å². The van der Waals surface area contributed by atoms with Crippen LogP contribution in [0.15, 0.2) is 30.3 Å². The van der Waals surface area contributed by atoms with Crippen molar-refractivity contribution < 1.29 is 9.59 Å². The van der Waals surface area contributed by atoms with Crippen LogP contribution in [0.2, 0.25) is 5.02 Å². The minimum Gasteiger partial charge on any atom is -0.336 e. The average molecular weight is 361 g/mol. The summed E-state index contributed by atoms with van der Waals surface area (Å²) in [6.07, 6.45) is 0.313. The second-order valence-corrected chi connectivity index (χ2v) is 6.65. The van der Waals surface area contributed by atoms with Gasteiger partial charge in [-0.25, -0.2) is 0 Å². The van der Waals surface area contributed by atoms with Gasteiger partial charge in [-0.05, 0) is 24.6 Å². The second kappa shape index (κ2) is 7.27. The van der Waals surface area contributed by atoms with Crippen LogP contribution in [0.25, 0.3) is 0 Å². The van der Waals surface area contributed by atoms with Crippen molar-refractivity contribution >= 4 is 23.4 Å². The first-order valence-electron chi connectivity index (χ1n) is 8.27. The maximum absolute atomic E-state index is 12.7. The van der Waals surface area contributed by atoms with Gasteiger partial charge in [-0.2, -0.15) is 5.10 Å². The summed E-state index contributed by atoms with van der Waals surface area (Å²) in [6, 6.07) is 9.29. The molecule has 3 rings (SSSR count). The Balaban J connectivity index is 1.70. The maximum atomic E-state index is 12.7. The molecule has 6 nitrogen and oxygen atoms in total. The molecule has 1 aromatic carbocycles. The van der Waals surface area contributed by atoms with Crippen molar-refractivity contribution in [2.24, 2.45) is 7.05 Å². The highest BCUT2D eigenvalue weighted by molar-refractivity contribution is 6.31. The van der Waals surface area contributed by atoms with Gasteiger partial charge in [0.25, 0.3) is 5.91 Å². The van der Waals surface area contributed by atoms with Crippen LogP contribution in [0.4, 0.5) is 0 Å². The zero-order valence-corrected chi connectivity index (χ0v) is 15.2. The van der Waals surface area contributed by atoms with Crippen LogP contribution in [0, 0.1) is 6.92 Å². The molecule has 0 unspecified atom stereocenters. The van der Waals surface area contributed by atoms with E-state index in [0.717, 1.165) is 11.3 Å². The van der Waals surface area contributed by atoms with Crippen LogP contribution in [-0.2, 0) is 18.4 Å². The number of nitrogens with zero attached hydrogens (tertiary/aromatic N) is 4. The number of benzene rings is 1. The Morgan fingerprint density at radius 2 is 2.00 bits per heavy atom. The maximum Gasteiger partial charge on any atom is 0.272 e. The minimum absolute atomic E-state index is 0.0383. The van der Waals surface area contributed by atoms with Gasteiger partial charge in [0.05, 0.1) is 5.69 Å². The van der Waals surface area contributed by atoms with Crippen molar-refractivity contribution in [2.75, 3.05) is 19.6 Å². The summed E-state index contributed by atoms with van der Waals surface area (Å²) in [6.45, 7) is 3.73. The molecular formula is C18H21ClN4O2. The van der Waals surface area contributed by atoms with E-state index in [1.165, 1.54) is 0 Å². The predicted octanol–water partition coefficient (Wildman–Crippen LogP) is 2.26. The van der Waals surface area contributed by atoms with E-state index < -0.39 is 0 Å². The monoisotopic (exact) mass is 360 g/mol. The Hall–Kier alpha value is -2.34. The van der Waals surface area contributed by atoms with Gasteiger partial charge in [-0.3, -0.25) is 14.3 Å². The first-order chi connectivity index (χ1) is 12.0. The van der Waals surface area contributed by atoms with Crippen molar-refractivity contribution in [1.29, 1.82) is 0 Å². The molecule has 2 aromatic rings. The van der Waals surface area contributed by atoms with Gasteiger partial charge >= 0.3 is 0 Å². The lowest BCUT2D eigenvalue weighted by Crippen LogP contribution is -2.36. The Kier molecular flexibility index (Phi) is 5.08. The van der Waals surface area contributed by atoms with Crippen molar-refractivity contribution in [2.45, 2.75) is 19.9 Å². The molecule has 7 heteroatoms. The molecule has 0 aliphatic carbocycles. The highest BCUT2D eigenvalue weighted by atomic mass is 35.5. The Labute approximate surface area is 152 Å². The number of hydrogen-bond acceptors (Lipinski definition) is 3. The molecule has 0 saturated carbocycles. The zero-order valence-electron chi connectivity index (χ0n) is 14.4. The lowest BCUT2D eigenvalue weighted by Gasteiger charge is -2.22. The summed E-state index contributed by atoms with van der Waals surface area (Å²) >= 11 is 6.20. The van der Waals surface area contributed by atoms with E-state index in [9.17, 15) is 9.59 Å². The van der Waals surface area contributed by atoms with E-state index in [2.05, 4.69) is 5.10 Å².